The third-order valence-corrected chi connectivity index (χ3v) is 4.79. The molecule has 0 radical (unpaired) electrons. The molecule has 0 fully saturated rings. The van der Waals surface area contributed by atoms with E-state index in [0.29, 0.717) is 21.4 Å². The van der Waals surface area contributed by atoms with Gasteiger partial charge in [0.2, 0.25) is 0 Å². The van der Waals surface area contributed by atoms with Crippen molar-refractivity contribution < 1.29 is 19.4 Å². The van der Waals surface area contributed by atoms with Crippen molar-refractivity contribution in [3.63, 3.8) is 0 Å². The standard InChI is InChI=1S/C21H19NO4S/c1-3-26-21(24)18-19(23)17(13-14-7-5-4-6-8-14)27-20(18)22-15-9-11-16(25-2)12-10-15/h4-13,23H,3H2,1-2H3/b17-13-,22-20?. The molecule has 1 aliphatic rings. The van der Waals surface area contributed by atoms with Gasteiger partial charge in [0.25, 0.3) is 0 Å². The quantitative estimate of drug-likeness (QED) is 0.747. The van der Waals surface area contributed by atoms with Crippen LogP contribution in [0.2, 0.25) is 0 Å². The van der Waals surface area contributed by atoms with Crippen LogP contribution < -0.4 is 4.74 Å². The number of carbonyl (C=O) groups is 1. The van der Waals surface area contributed by atoms with Crippen LogP contribution in [0, 0.1) is 0 Å². The highest BCUT2D eigenvalue weighted by molar-refractivity contribution is 8.18. The molecule has 0 spiro atoms. The molecular formula is C21H19NO4S. The Morgan fingerprint density at radius 2 is 1.85 bits per heavy atom. The summed E-state index contributed by atoms with van der Waals surface area (Å²) in [5.74, 6) is 0.00693. The zero-order chi connectivity index (χ0) is 19.2. The second-order valence-electron chi connectivity index (χ2n) is 5.58. The molecule has 5 nitrogen and oxygen atoms in total. The Balaban J connectivity index is 2.00. The number of hydrogen-bond acceptors (Lipinski definition) is 6. The largest absolute Gasteiger partial charge is 0.506 e. The summed E-state index contributed by atoms with van der Waals surface area (Å²) in [4.78, 5) is 17.5. The minimum absolute atomic E-state index is 0.0832. The Morgan fingerprint density at radius 1 is 1.15 bits per heavy atom. The Morgan fingerprint density at radius 3 is 2.48 bits per heavy atom. The summed E-state index contributed by atoms with van der Waals surface area (Å²) in [6, 6.07) is 16.7. The van der Waals surface area contributed by atoms with Crippen molar-refractivity contribution in [2.24, 2.45) is 4.99 Å². The van der Waals surface area contributed by atoms with Gasteiger partial charge in [-0.3, -0.25) is 0 Å². The van der Waals surface area contributed by atoms with Gasteiger partial charge >= 0.3 is 5.97 Å². The molecular weight excluding hydrogens is 362 g/mol. The van der Waals surface area contributed by atoms with Crippen molar-refractivity contribution in [3.8, 4) is 5.75 Å². The fourth-order valence-electron chi connectivity index (χ4n) is 2.47. The van der Waals surface area contributed by atoms with Crippen molar-refractivity contribution in [2.75, 3.05) is 13.7 Å². The van der Waals surface area contributed by atoms with Gasteiger partial charge in [0.1, 0.15) is 22.1 Å². The van der Waals surface area contributed by atoms with Crippen molar-refractivity contribution in [1.29, 1.82) is 0 Å². The van der Waals surface area contributed by atoms with E-state index in [0.717, 1.165) is 5.56 Å². The average molecular weight is 381 g/mol. The third kappa shape index (κ3) is 4.41. The first-order valence-electron chi connectivity index (χ1n) is 8.40. The van der Waals surface area contributed by atoms with Crippen molar-refractivity contribution >= 4 is 34.5 Å². The van der Waals surface area contributed by atoms with Crippen molar-refractivity contribution in [1.82, 2.24) is 0 Å². The third-order valence-electron chi connectivity index (χ3n) is 3.77. The van der Waals surface area contributed by atoms with Crippen LogP contribution in [0.3, 0.4) is 0 Å². The highest BCUT2D eigenvalue weighted by Gasteiger charge is 2.33. The maximum absolute atomic E-state index is 12.4. The molecule has 1 heterocycles. The van der Waals surface area contributed by atoms with E-state index >= 15 is 0 Å². The number of carbonyl (C=O) groups excluding carboxylic acids is 1. The predicted molar refractivity (Wildman–Crippen MR) is 108 cm³/mol. The lowest BCUT2D eigenvalue weighted by atomic mass is 10.1. The first-order valence-corrected chi connectivity index (χ1v) is 9.22. The number of aliphatic hydroxyl groups is 1. The van der Waals surface area contributed by atoms with Gasteiger partial charge in [-0.05, 0) is 42.8 Å². The summed E-state index contributed by atoms with van der Waals surface area (Å²) in [6.07, 6.45) is 1.82. The molecule has 0 amide bonds. The van der Waals surface area contributed by atoms with Gasteiger partial charge in [-0.15, -0.1) is 0 Å². The molecule has 3 rings (SSSR count). The topological polar surface area (TPSA) is 68.1 Å². The molecule has 27 heavy (non-hydrogen) atoms. The van der Waals surface area contributed by atoms with E-state index in [-0.39, 0.29) is 17.9 Å². The van der Waals surface area contributed by atoms with E-state index in [1.807, 2.05) is 36.4 Å². The number of ether oxygens (including phenoxy) is 2. The molecule has 1 N–H and O–H groups in total. The molecule has 2 aromatic rings. The van der Waals surface area contributed by atoms with E-state index in [4.69, 9.17) is 9.47 Å². The summed E-state index contributed by atoms with van der Waals surface area (Å²) >= 11 is 1.24. The van der Waals surface area contributed by atoms with Gasteiger partial charge in [0.05, 0.1) is 24.3 Å². The first kappa shape index (κ1) is 18.8. The van der Waals surface area contributed by atoms with Crippen LogP contribution in [0.5, 0.6) is 5.75 Å². The number of aliphatic imine (C=N–C) groups is 1. The summed E-state index contributed by atoms with van der Waals surface area (Å²) in [5, 5.41) is 11.0. The van der Waals surface area contributed by atoms with E-state index in [9.17, 15) is 9.90 Å². The molecule has 0 aromatic heterocycles. The Bertz CT molecular complexity index is 915. The van der Waals surface area contributed by atoms with Crippen LogP contribution in [-0.4, -0.2) is 29.8 Å². The molecule has 0 unspecified atom stereocenters. The van der Waals surface area contributed by atoms with Crippen LogP contribution >= 0.6 is 11.8 Å². The van der Waals surface area contributed by atoms with E-state index in [1.54, 1.807) is 38.3 Å². The SMILES string of the molecule is CCOC(=O)C1=C(O)/C(=C/c2ccccc2)SC1=Nc1ccc(OC)cc1. The van der Waals surface area contributed by atoms with E-state index in [2.05, 4.69) is 4.99 Å². The lowest BCUT2D eigenvalue weighted by Crippen LogP contribution is -2.12. The minimum atomic E-state index is -0.591. The predicted octanol–water partition coefficient (Wildman–Crippen LogP) is 4.89. The van der Waals surface area contributed by atoms with Crippen molar-refractivity contribution in [3.05, 3.63) is 76.4 Å². The smallest absolute Gasteiger partial charge is 0.344 e. The number of nitrogens with zero attached hydrogens (tertiary/aromatic N) is 1. The fourth-order valence-corrected chi connectivity index (χ4v) is 3.50. The number of thioether (sulfide) groups is 1. The highest BCUT2D eigenvalue weighted by atomic mass is 32.2. The molecule has 1 aliphatic heterocycles. The van der Waals surface area contributed by atoms with E-state index in [1.165, 1.54) is 11.8 Å². The second-order valence-corrected chi connectivity index (χ2v) is 6.61. The maximum Gasteiger partial charge on any atom is 0.344 e. The molecule has 6 heteroatoms. The van der Waals surface area contributed by atoms with Gasteiger partial charge in [0.15, 0.2) is 0 Å². The van der Waals surface area contributed by atoms with Crippen LogP contribution in [0.25, 0.3) is 6.08 Å². The molecule has 0 atom stereocenters. The van der Waals surface area contributed by atoms with Crippen LogP contribution in [0.1, 0.15) is 12.5 Å². The molecule has 0 saturated carbocycles. The highest BCUT2D eigenvalue weighted by Crippen LogP contribution is 2.40. The van der Waals surface area contributed by atoms with Gasteiger partial charge in [0, 0.05) is 0 Å². The van der Waals surface area contributed by atoms with Gasteiger partial charge < -0.3 is 14.6 Å². The lowest BCUT2D eigenvalue weighted by Gasteiger charge is -2.04. The lowest BCUT2D eigenvalue weighted by molar-refractivity contribution is -0.138. The number of hydrogen-bond donors (Lipinski definition) is 1. The minimum Gasteiger partial charge on any atom is -0.506 e. The van der Waals surface area contributed by atoms with Crippen LogP contribution in [0.4, 0.5) is 5.69 Å². The van der Waals surface area contributed by atoms with Crippen LogP contribution in [0.15, 0.2) is 75.8 Å². The number of benzene rings is 2. The first-order chi connectivity index (χ1) is 13.1. The Kier molecular flexibility index (Phi) is 5.98. The zero-order valence-corrected chi connectivity index (χ0v) is 15.8. The fraction of sp³-hybridized carbons (Fsp3) is 0.143. The molecule has 138 valence electrons. The summed E-state index contributed by atoms with van der Waals surface area (Å²) in [6.45, 7) is 1.94. The summed E-state index contributed by atoms with van der Waals surface area (Å²) < 4.78 is 10.2. The zero-order valence-electron chi connectivity index (χ0n) is 15.0. The summed E-state index contributed by atoms with van der Waals surface area (Å²) in [5.41, 5.74) is 1.65. The molecule has 0 aliphatic carbocycles. The second kappa shape index (κ2) is 8.60. The Hall–Kier alpha value is -2.99. The number of methoxy groups -OCH3 is 1. The number of aliphatic hydroxyl groups excluding tert-OH is 1. The summed E-state index contributed by atoms with van der Waals surface area (Å²) in [7, 11) is 1.59. The van der Waals surface area contributed by atoms with Crippen LogP contribution in [-0.2, 0) is 9.53 Å². The molecule has 2 aromatic carbocycles. The van der Waals surface area contributed by atoms with Gasteiger partial charge in [-0.25, -0.2) is 9.79 Å². The molecule has 0 bridgehead atoms. The number of rotatable bonds is 5. The number of esters is 1. The maximum atomic E-state index is 12.4. The van der Waals surface area contributed by atoms with E-state index < -0.39 is 5.97 Å². The van der Waals surface area contributed by atoms with Gasteiger partial charge in [-0.2, -0.15) is 0 Å². The average Bonchev–Trinajstić information content (AvgIpc) is 2.98. The Labute approximate surface area is 162 Å². The van der Waals surface area contributed by atoms with Crippen molar-refractivity contribution in [2.45, 2.75) is 6.92 Å². The van der Waals surface area contributed by atoms with Gasteiger partial charge in [-0.1, -0.05) is 42.1 Å². The molecule has 0 saturated heterocycles. The normalized spacial score (nSPS) is 16.8. The monoisotopic (exact) mass is 381 g/mol.